The summed E-state index contributed by atoms with van der Waals surface area (Å²) in [5.74, 6) is 0. The molecule has 0 amide bonds. The van der Waals surface area contributed by atoms with Crippen molar-refractivity contribution in [1.82, 2.24) is 9.88 Å². The van der Waals surface area contributed by atoms with Crippen molar-refractivity contribution in [3.63, 3.8) is 0 Å². The zero-order chi connectivity index (χ0) is 11.7. The molecule has 0 saturated heterocycles. The van der Waals surface area contributed by atoms with Crippen LogP contribution in [-0.2, 0) is 0 Å². The molecule has 86 valence electrons. The maximum absolute atomic E-state index is 6.28. The lowest BCUT2D eigenvalue weighted by Crippen LogP contribution is -2.27. The molecule has 0 spiro atoms. The third-order valence-electron chi connectivity index (χ3n) is 2.88. The number of hydrogen-bond donors (Lipinski definition) is 2. The second kappa shape index (κ2) is 4.45. The Morgan fingerprint density at radius 2 is 2.19 bits per heavy atom. The summed E-state index contributed by atoms with van der Waals surface area (Å²) in [5, 5.41) is 1.90. The number of fused-ring (bicyclic) bond motifs is 1. The lowest BCUT2D eigenvalue weighted by atomic mass is 10.0. The van der Waals surface area contributed by atoms with E-state index >= 15 is 0 Å². The van der Waals surface area contributed by atoms with E-state index in [9.17, 15) is 0 Å². The lowest BCUT2D eigenvalue weighted by molar-refractivity contribution is 0.306. The summed E-state index contributed by atoms with van der Waals surface area (Å²) in [4.78, 5) is 5.27. The van der Waals surface area contributed by atoms with Gasteiger partial charge in [0, 0.05) is 34.7 Å². The minimum Gasteiger partial charge on any atom is -0.361 e. The van der Waals surface area contributed by atoms with Crippen molar-refractivity contribution in [3.8, 4) is 0 Å². The average molecular weight is 238 g/mol. The van der Waals surface area contributed by atoms with E-state index in [1.807, 2.05) is 32.4 Å². The van der Waals surface area contributed by atoms with Gasteiger partial charge >= 0.3 is 0 Å². The van der Waals surface area contributed by atoms with Crippen LogP contribution in [0.2, 0.25) is 5.02 Å². The topological polar surface area (TPSA) is 45.0 Å². The number of hydrogen-bond acceptors (Lipinski definition) is 2. The van der Waals surface area contributed by atoms with Crippen molar-refractivity contribution in [2.45, 2.75) is 6.04 Å². The number of aromatic nitrogens is 1. The molecule has 1 atom stereocenters. The average Bonchev–Trinajstić information content (AvgIpc) is 2.65. The highest BCUT2D eigenvalue weighted by Gasteiger charge is 2.16. The van der Waals surface area contributed by atoms with Gasteiger partial charge in [0.15, 0.2) is 0 Å². The van der Waals surface area contributed by atoms with Crippen molar-refractivity contribution >= 4 is 22.5 Å². The van der Waals surface area contributed by atoms with Crippen LogP contribution in [0.15, 0.2) is 24.4 Å². The van der Waals surface area contributed by atoms with Gasteiger partial charge in [-0.05, 0) is 37.9 Å². The van der Waals surface area contributed by atoms with Crippen LogP contribution in [0, 0.1) is 0 Å². The number of nitrogens with two attached hydrogens (primary N) is 1. The Bertz CT molecular complexity index is 490. The van der Waals surface area contributed by atoms with E-state index in [1.54, 1.807) is 0 Å². The van der Waals surface area contributed by atoms with Gasteiger partial charge in [-0.15, -0.1) is 0 Å². The quantitative estimate of drug-likeness (QED) is 0.861. The van der Waals surface area contributed by atoms with Crippen LogP contribution < -0.4 is 5.73 Å². The number of nitrogens with zero attached hydrogens (tertiary/aromatic N) is 1. The first kappa shape index (κ1) is 11.5. The van der Waals surface area contributed by atoms with Crippen LogP contribution >= 0.6 is 11.6 Å². The van der Waals surface area contributed by atoms with E-state index in [4.69, 9.17) is 17.3 Å². The molecule has 2 rings (SSSR count). The van der Waals surface area contributed by atoms with Crippen molar-refractivity contribution in [1.29, 1.82) is 0 Å². The van der Waals surface area contributed by atoms with Gasteiger partial charge in [-0.2, -0.15) is 0 Å². The molecule has 1 unspecified atom stereocenters. The van der Waals surface area contributed by atoms with Gasteiger partial charge in [-0.3, -0.25) is 0 Å². The predicted octanol–water partition coefficient (Wildman–Crippen LogP) is 2.38. The fourth-order valence-electron chi connectivity index (χ4n) is 1.96. The molecule has 0 saturated carbocycles. The van der Waals surface area contributed by atoms with Gasteiger partial charge in [0.25, 0.3) is 0 Å². The first-order chi connectivity index (χ1) is 7.63. The standard InChI is InChI=1S/C12H16ClN3/c1-16(2)12(7-14)9-6-11-8(3-4-15-11)5-10(9)13/h3-6,12,15H,7,14H2,1-2H3. The van der Waals surface area contributed by atoms with Gasteiger partial charge in [0.1, 0.15) is 0 Å². The van der Waals surface area contributed by atoms with E-state index < -0.39 is 0 Å². The summed E-state index contributed by atoms with van der Waals surface area (Å²) in [6.45, 7) is 0.554. The van der Waals surface area contributed by atoms with E-state index in [0.29, 0.717) is 6.54 Å². The molecule has 4 heteroatoms. The molecule has 0 radical (unpaired) electrons. The van der Waals surface area contributed by atoms with E-state index in [0.717, 1.165) is 21.5 Å². The third-order valence-corrected chi connectivity index (χ3v) is 3.20. The molecule has 0 fully saturated rings. The van der Waals surface area contributed by atoms with Crippen molar-refractivity contribution in [3.05, 3.63) is 35.0 Å². The Morgan fingerprint density at radius 1 is 1.44 bits per heavy atom. The maximum Gasteiger partial charge on any atom is 0.0480 e. The Labute approximate surface area is 100 Å². The number of aromatic amines is 1. The third kappa shape index (κ3) is 1.94. The fourth-order valence-corrected chi connectivity index (χ4v) is 2.26. The van der Waals surface area contributed by atoms with Gasteiger partial charge in [-0.1, -0.05) is 11.6 Å². The number of halogens is 1. The minimum atomic E-state index is 0.153. The summed E-state index contributed by atoms with van der Waals surface area (Å²) < 4.78 is 0. The molecule has 16 heavy (non-hydrogen) atoms. The molecule has 1 aromatic carbocycles. The van der Waals surface area contributed by atoms with E-state index in [2.05, 4.69) is 16.0 Å². The smallest absolute Gasteiger partial charge is 0.0480 e. The number of benzene rings is 1. The highest BCUT2D eigenvalue weighted by Crippen LogP contribution is 2.29. The SMILES string of the molecule is CN(C)C(CN)c1cc2[nH]ccc2cc1Cl. The highest BCUT2D eigenvalue weighted by molar-refractivity contribution is 6.32. The molecule has 1 heterocycles. The molecular weight excluding hydrogens is 222 g/mol. The Hall–Kier alpha value is -1.03. The predicted molar refractivity (Wildman–Crippen MR) is 68.8 cm³/mol. The molecule has 2 aromatic rings. The monoisotopic (exact) mass is 237 g/mol. The molecule has 0 aliphatic heterocycles. The summed E-state index contributed by atoms with van der Waals surface area (Å²) in [6, 6.07) is 6.22. The second-order valence-electron chi connectivity index (χ2n) is 4.15. The molecule has 0 aliphatic carbocycles. The summed E-state index contributed by atoms with van der Waals surface area (Å²) in [6.07, 6.45) is 1.91. The molecule has 0 bridgehead atoms. The molecular formula is C12H16ClN3. The number of likely N-dealkylation sites (N-methyl/N-ethyl adjacent to an activating group) is 1. The fraction of sp³-hybridized carbons (Fsp3) is 0.333. The van der Waals surface area contributed by atoms with Crippen LogP contribution in [0.1, 0.15) is 11.6 Å². The Morgan fingerprint density at radius 3 is 2.81 bits per heavy atom. The first-order valence-corrected chi connectivity index (χ1v) is 5.64. The lowest BCUT2D eigenvalue weighted by Gasteiger charge is -2.24. The summed E-state index contributed by atoms with van der Waals surface area (Å²) in [7, 11) is 4.01. The minimum absolute atomic E-state index is 0.153. The first-order valence-electron chi connectivity index (χ1n) is 5.26. The number of rotatable bonds is 3. The van der Waals surface area contributed by atoms with Crippen LogP contribution in [-0.4, -0.2) is 30.5 Å². The molecule has 3 N–H and O–H groups in total. The normalized spacial score (nSPS) is 13.6. The highest BCUT2D eigenvalue weighted by atomic mass is 35.5. The second-order valence-corrected chi connectivity index (χ2v) is 4.56. The van der Waals surface area contributed by atoms with Crippen LogP contribution in [0.25, 0.3) is 10.9 Å². The molecule has 1 aromatic heterocycles. The van der Waals surface area contributed by atoms with Gasteiger partial charge < -0.3 is 15.6 Å². The molecule has 3 nitrogen and oxygen atoms in total. The zero-order valence-electron chi connectivity index (χ0n) is 9.50. The van der Waals surface area contributed by atoms with E-state index in [1.165, 1.54) is 0 Å². The van der Waals surface area contributed by atoms with Crippen LogP contribution in [0.5, 0.6) is 0 Å². The van der Waals surface area contributed by atoms with Gasteiger partial charge in [0.2, 0.25) is 0 Å². The van der Waals surface area contributed by atoms with Crippen LogP contribution in [0.3, 0.4) is 0 Å². The zero-order valence-corrected chi connectivity index (χ0v) is 10.3. The van der Waals surface area contributed by atoms with Gasteiger partial charge in [0.05, 0.1) is 0 Å². The van der Waals surface area contributed by atoms with Crippen LogP contribution in [0.4, 0.5) is 0 Å². The van der Waals surface area contributed by atoms with Crippen molar-refractivity contribution in [2.75, 3.05) is 20.6 Å². The maximum atomic E-state index is 6.28. The number of nitrogens with one attached hydrogen (secondary N) is 1. The van der Waals surface area contributed by atoms with Gasteiger partial charge in [-0.25, -0.2) is 0 Å². The van der Waals surface area contributed by atoms with Crippen molar-refractivity contribution in [2.24, 2.45) is 5.73 Å². The van der Waals surface area contributed by atoms with Crippen molar-refractivity contribution < 1.29 is 0 Å². The Balaban J connectivity index is 2.53. The largest absolute Gasteiger partial charge is 0.361 e. The summed E-state index contributed by atoms with van der Waals surface area (Å²) >= 11 is 6.28. The summed E-state index contributed by atoms with van der Waals surface area (Å²) in [5.41, 5.74) is 7.95. The van der Waals surface area contributed by atoms with E-state index in [-0.39, 0.29) is 6.04 Å². The Kier molecular flexibility index (Phi) is 3.19. The molecule has 0 aliphatic rings. The number of H-pyrrole nitrogens is 1.